The zero-order valence-corrected chi connectivity index (χ0v) is 15.0. The summed E-state index contributed by atoms with van der Waals surface area (Å²) in [5.74, 6) is -0.0702. The van der Waals surface area contributed by atoms with Crippen molar-refractivity contribution >= 4 is 11.6 Å². The standard InChI is InChI=1S/C20H24N4O2/c1-3-14-8-10-15(11-9-14)17-12-18(23-22-17)20(26)24-21-13(2)16-6-4-5-7-19(16)25/h4-11,17-18,22-23,25H,3,12H2,1-2H3,(H,24,26)/b21-13-. The third-order valence-electron chi connectivity index (χ3n) is 4.64. The van der Waals surface area contributed by atoms with E-state index in [1.165, 1.54) is 5.56 Å². The average Bonchev–Trinajstić information content (AvgIpc) is 3.16. The van der Waals surface area contributed by atoms with Gasteiger partial charge in [0.2, 0.25) is 0 Å². The Bertz CT molecular complexity index is 802. The second-order valence-corrected chi connectivity index (χ2v) is 6.42. The molecular weight excluding hydrogens is 328 g/mol. The second-order valence-electron chi connectivity index (χ2n) is 6.42. The third-order valence-corrected chi connectivity index (χ3v) is 4.64. The highest BCUT2D eigenvalue weighted by molar-refractivity contribution is 6.01. The van der Waals surface area contributed by atoms with Crippen molar-refractivity contribution in [2.75, 3.05) is 0 Å². The van der Waals surface area contributed by atoms with E-state index in [1.54, 1.807) is 25.1 Å². The third kappa shape index (κ3) is 4.09. The molecule has 2 aromatic carbocycles. The summed E-state index contributed by atoms with van der Waals surface area (Å²) in [6.45, 7) is 3.87. The zero-order chi connectivity index (χ0) is 18.5. The first-order valence-electron chi connectivity index (χ1n) is 8.81. The maximum Gasteiger partial charge on any atom is 0.258 e. The fourth-order valence-corrected chi connectivity index (χ4v) is 2.99. The minimum Gasteiger partial charge on any atom is -0.507 e. The molecule has 1 aliphatic heterocycles. The van der Waals surface area contributed by atoms with Crippen LogP contribution in [0.1, 0.15) is 43.0 Å². The zero-order valence-electron chi connectivity index (χ0n) is 15.0. The van der Waals surface area contributed by atoms with Crippen molar-refractivity contribution in [1.82, 2.24) is 16.3 Å². The molecule has 6 heteroatoms. The minimum atomic E-state index is -0.369. The van der Waals surface area contributed by atoms with Gasteiger partial charge < -0.3 is 5.11 Å². The molecule has 26 heavy (non-hydrogen) atoms. The molecule has 0 saturated carbocycles. The van der Waals surface area contributed by atoms with Crippen LogP contribution in [0.3, 0.4) is 0 Å². The summed E-state index contributed by atoms with van der Waals surface area (Å²) < 4.78 is 0. The van der Waals surface area contributed by atoms with Gasteiger partial charge in [0, 0.05) is 11.6 Å². The van der Waals surface area contributed by atoms with Crippen LogP contribution in [0.2, 0.25) is 0 Å². The number of aryl methyl sites for hydroxylation is 1. The van der Waals surface area contributed by atoms with Crippen molar-refractivity contribution in [2.24, 2.45) is 5.10 Å². The van der Waals surface area contributed by atoms with E-state index in [0.717, 1.165) is 12.0 Å². The molecule has 1 fully saturated rings. The molecule has 6 nitrogen and oxygen atoms in total. The number of hydrazone groups is 1. The van der Waals surface area contributed by atoms with Gasteiger partial charge in [0.1, 0.15) is 11.8 Å². The van der Waals surface area contributed by atoms with Gasteiger partial charge >= 0.3 is 0 Å². The molecule has 0 bridgehead atoms. The number of nitrogens with one attached hydrogen (secondary N) is 3. The van der Waals surface area contributed by atoms with E-state index in [2.05, 4.69) is 52.6 Å². The van der Waals surface area contributed by atoms with Crippen LogP contribution in [-0.4, -0.2) is 22.8 Å². The van der Waals surface area contributed by atoms with E-state index in [0.29, 0.717) is 17.7 Å². The Morgan fingerprint density at radius 1 is 1.19 bits per heavy atom. The molecule has 1 amide bonds. The lowest BCUT2D eigenvalue weighted by Crippen LogP contribution is -2.41. The number of carbonyl (C=O) groups is 1. The van der Waals surface area contributed by atoms with E-state index < -0.39 is 0 Å². The molecule has 3 rings (SSSR count). The number of rotatable bonds is 5. The monoisotopic (exact) mass is 352 g/mol. The van der Waals surface area contributed by atoms with Crippen LogP contribution in [0, 0.1) is 0 Å². The van der Waals surface area contributed by atoms with Crippen LogP contribution < -0.4 is 16.3 Å². The molecular formula is C20H24N4O2. The fourth-order valence-electron chi connectivity index (χ4n) is 2.99. The summed E-state index contributed by atoms with van der Waals surface area (Å²) in [4.78, 5) is 12.4. The number of amides is 1. The summed E-state index contributed by atoms with van der Waals surface area (Å²) >= 11 is 0. The number of phenolic OH excluding ortho intramolecular Hbond substituents is 1. The molecule has 0 spiro atoms. The number of benzene rings is 2. The molecule has 0 aromatic heterocycles. The Kier molecular flexibility index (Phi) is 5.65. The quantitative estimate of drug-likeness (QED) is 0.492. The van der Waals surface area contributed by atoms with Gasteiger partial charge in [-0.2, -0.15) is 5.10 Å². The average molecular weight is 352 g/mol. The molecule has 0 radical (unpaired) electrons. The summed E-state index contributed by atoms with van der Waals surface area (Å²) in [5, 5.41) is 13.9. The normalized spacial score (nSPS) is 20.2. The van der Waals surface area contributed by atoms with Crippen LogP contribution in [0.4, 0.5) is 0 Å². The fraction of sp³-hybridized carbons (Fsp3) is 0.300. The number of carbonyl (C=O) groups excluding carboxylic acids is 1. The van der Waals surface area contributed by atoms with Crippen molar-refractivity contribution in [3.8, 4) is 5.75 Å². The lowest BCUT2D eigenvalue weighted by molar-refractivity contribution is -0.122. The lowest BCUT2D eigenvalue weighted by Gasteiger charge is -2.10. The Morgan fingerprint density at radius 2 is 1.92 bits per heavy atom. The maximum absolute atomic E-state index is 12.4. The van der Waals surface area contributed by atoms with Crippen molar-refractivity contribution in [1.29, 1.82) is 0 Å². The van der Waals surface area contributed by atoms with E-state index >= 15 is 0 Å². The van der Waals surface area contributed by atoms with E-state index in [9.17, 15) is 9.90 Å². The number of para-hydroxylation sites is 1. The van der Waals surface area contributed by atoms with Crippen LogP contribution in [0.15, 0.2) is 53.6 Å². The van der Waals surface area contributed by atoms with Gasteiger partial charge in [-0.25, -0.2) is 16.3 Å². The minimum absolute atomic E-state index is 0.0832. The van der Waals surface area contributed by atoms with Crippen molar-refractivity contribution in [3.05, 3.63) is 65.2 Å². The number of aromatic hydroxyl groups is 1. The van der Waals surface area contributed by atoms with Gasteiger partial charge in [-0.1, -0.05) is 43.3 Å². The van der Waals surface area contributed by atoms with Crippen LogP contribution >= 0.6 is 0 Å². The highest BCUT2D eigenvalue weighted by Gasteiger charge is 2.30. The number of phenols is 1. The first kappa shape index (κ1) is 18.1. The molecule has 2 atom stereocenters. The van der Waals surface area contributed by atoms with Crippen LogP contribution in [-0.2, 0) is 11.2 Å². The van der Waals surface area contributed by atoms with Crippen molar-refractivity contribution < 1.29 is 9.90 Å². The molecule has 1 heterocycles. The molecule has 136 valence electrons. The van der Waals surface area contributed by atoms with Crippen molar-refractivity contribution in [2.45, 2.75) is 38.8 Å². The largest absolute Gasteiger partial charge is 0.507 e. The maximum atomic E-state index is 12.4. The van der Waals surface area contributed by atoms with Gasteiger partial charge in [-0.15, -0.1) is 0 Å². The van der Waals surface area contributed by atoms with Gasteiger partial charge in [-0.05, 0) is 43.0 Å². The highest BCUT2D eigenvalue weighted by atomic mass is 16.3. The SMILES string of the molecule is CCc1ccc(C2CC(C(=O)N/N=C(/C)c3ccccc3O)NN2)cc1. The molecule has 2 aromatic rings. The van der Waals surface area contributed by atoms with Gasteiger partial charge in [0.25, 0.3) is 5.91 Å². The number of nitrogens with zero attached hydrogens (tertiary/aromatic N) is 1. The first-order chi connectivity index (χ1) is 12.6. The smallest absolute Gasteiger partial charge is 0.258 e. The molecule has 1 saturated heterocycles. The van der Waals surface area contributed by atoms with E-state index in [-0.39, 0.29) is 23.7 Å². The Morgan fingerprint density at radius 3 is 2.62 bits per heavy atom. The Labute approximate surface area is 153 Å². The second kappa shape index (κ2) is 8.12. The highest BCUT2D eigenvalue weighted by Crippen LogP contribution is 2.23. The van der Waals surface area contributed by atoms with Crippen LogP contribution in [0.25, 0.3) is 0 Å². The molecule has 2 unspecified atom stereocenters. The predicted octanol–water partition coefficient (Wildman–Crippen LogP) is 2.40. The summed E-state index contributed by atoms with van der Waals surface area (Å²) in [6, 6.07) is 15.0. The number of hydrogen-bond acceptors (Lipinski definition) is 5. The summed E-state index contributed by atoms with van der Waals surface area (Å²) in [5.41, 5.74) is 12.4. The van der Waals surface area contributed by atoms with E-state index in [1.807, 2.05) is 6.07 Å². The van der Waals surface area contributed by atoms with E-state index in [4.69, 9.17) is 0 Å². The first-order valence-corrected chi connectivity index (χ1v) is 8.81. The topological polar surface area (TPSA) is 85.8 Å². The van der Waals surface area contributed by atoms with Crippen molar-refractivity contribution in [3.63, 3.8) is 0 Å². The summed E-state index contributed by atoms with van der Waals surface area (Å²) in [6.07, 6.45) is 1.65. The predicted molar refractivity (Wildman–Crippen MR) is 102 cm³/mol. The van der Waals surface area contributed by atoms with Gasteiger partial charge in [-0.3, -0.25) is 4.79 Å². The molecule has 4 N–H and O–H groups in total. The number of hydrogen-bond donors (Lipinski definition) is 4. The lowest BCUT2D eigenvalue weighted by atomic mass is 10.00. The molecule has 0 aliphatic carbocycles. The molecule has 1 aliphatic rings. The van der Waals surface area contributed by atoms with Gasteiger partial charge in [0.05, 0.1) is 5.71 Å². The van der Waals surface area contributed by atoms with Crippen LogP contribution in [0.5, 0.6) is 5.75 Å². The Hall–Kier alpha value is -2.70. The summed E-state index contributed by atoms with van der Waals surface area (Å²) in [7, 11) is 0. The number of hydrazine groups is 1. The Balaban J connectivity index is 1.59. The van der Waals surface area contributed by atoms with Gasteiger partial charge in [0.15, 0.2) is 0 Å².